The zero-order valence-corrected chi connectivity index (χ0v) is 13.2. The molecule has 0 bridgehead atoms. The van der Waals surface area contributed by atoms with Gasteiger partial charge >= 0.3 is 6.03 Å². The number of amides is 2. The van der Waals surface area contributed by atoms with E-state index in [0.29, 0.717) is 25.3 Å². The van der Waals surface area contributed by atoms with E-state index in [2.05, 4.69) is 20.7 Å². The van der Waals surface area contributed by atoms with Crippen molar-refractivity contribution in [2.24, 2.45) is 0 Å². The highest BCUT2D eigenvalue weighted by molar-refractivity contribution is 5.88. The van der Waals surface area contributed by atoms with Crippen molar-refractivity contribution < 1.29 is 4.79 Å². The number of aromatic nitrogens is 3. The standard InChI is InChI=1S/C18H19N5O/c24-18(20-12-9-16-8-4-5-11-19-16)21-17-10-13-23(22-17)14-15-6-2-1-3-7-15/h1-8,10-11,13H,9,12,14H2,(H2,20,21,22,24). The fraction of sp³-hybridized carbons (Fsp3) is 0.167. The van der Waals surface area contributed by atoms with Crippen LogP contribution in [0.2, 0.25) is 0 Å². The van der Waals surface area contributed by atoms with Gasteiger partial charge in [0.05, 0.1) is 6.54 Å². The van der Waals surface area contributed by atoms with Gasteiger partial charge in [-0.15, -0.1) is 0 Å². The first kappa shape index (κ1) is 15.7. The maximum absolute atomic E-state index is 11.9. The molecule has 0 aliphatic rings. The van der Waals surface area contributed by atoms with E-state index in [9.17, 15) is 4.79 Å². The number of urea groups is 1. The summed E-state index contributed by atoms with van der Waals surface area (Å²) in [4.78, 5) is 16.1. The van der Waals surface area contributed by atoms with Gasteiger partial charge in [0, 0.05) is 37.1 Å². The number of nitrogens with one attached hydrogen (secondary N) is 2. The molecule has 2 N–H and O–H groups in total. The number of benzene rings is 1. The second kappa shape index (κ2) is 7.92. The summed E-state index contributed by atoms with van der Waals surface area (Å²) < 4.78 is 1.79. The molecule has 0 fully saturated rings. The molecule has 0 radical (unpaired) electrons. The number of carbonyl (C=O) groups excluding carboxylic acids is 1. The van der Waals surface area contributed by atoms with Crippen molar-refractivity contribution >= 4 is 11.8 Å². The summed E-state index contributed by atoms with van der Waals surface area (Å²) >= 11 is 0. The number of hydrogen-bond acceptors (Lipinski definition) is 3. The fourth-order valence-electron chi connectivity index (χ4n) is 2.30. The summed E-state index contributed by atoms with van der Waals surface area (Å²) in [5, 5.41) is 9.88. The molecule has 0 aliphatic heterocycles. The Morgan fingerprint density at radius 1 is 1.04 bits per heavy atom. The molecule has 122 valence electrons. The quantitative estimate of drug-likeness (QED) is 0.733. The lowest BCUT2D eigenvalue weighted by Crippen LogP contribution is -2.30. The predicted octanol–water partition coefficient (Wildman–Crippen LogP) is 2.69. The van der Waals surface area contributed by atoms with Crippen LogP contribution in [-0.2, 0) is 13.0 Å². The van der Waals surface area contributed by atoms with Gasteiger partial charge in [0.2, 0.25) is 0 Å². The lowest BCUT2D eigenvalue weighted by Gasteiger charge is -2.05. The van der Waals surface area contributed by atoms with E-state index in [4.69, 9.17) is 0 Å². The van der Waals surface area contributed by atoms with Crippen molar-refractivity contribution in [1.29, 1.82) is 0 Å². The van der Waals surface area contributed by atoms with Crippen molar-refractivity contribution in [1.82, 2.24) is 20.1 Å². The molecule has 6 heteroatoms. The summed E-state index contributed by atoms with van der Waals surface area (Å²) in [5.41, 5.74) is 2.11. The SMILES string of the molecule is O=C(NCCc1ccccn1)Nc1ccn(Cc2ccccc2)n1. The first-order valence-electron chi connectivity index (χ1n) is 7.82. The molecule has 2 heterocycles. The van der Waals surface area contributed by atoms with Crippen LogP contribution in [0.3, 0.4) is 0 Å². The molecule has 0 unspecified atom stereocenters. The molecule has 0 atom stereocenters. The van der Waals surface area contributed by atoms with Crippen molar-refractivity contribution in [3.8, 4) is 0 Å². The van der Waals surface area contributed by atoms with E-state index in [1.807, 2.05) is 54.7 Å². The van der Waals surface area contributed by atoms with Crippen LogP contribution in [0.4, 0.5) is 10.6 Å². The molecule has 3 aromatic rings. The Balaban J connectivity index is 1.45. The summed E-state index contributed by atoms with van der Waals surface area (Å²) in [6, 6.07) is 17.3. The maximum atomic E-state index is 11.9. The Bertz CT molecular complexity index is 770. The van der Waals surface area contributed by atoms with Crippen LogP contribution in [0.25, 0.3) is 0 Å². The van der Waals surface area contributed by atoms with E-state index in [1.165, 1.54) is 0 Å². The summed E-state index contributed by atoms with van der Waals surface area (Å²) in [5.74, 6) is 0.529. The molecule has 3 rings (SSSR count). The van der Waals surface area contributed by atoms with Gasteiger partial charge in [-0.2, -0.15) is 5.10 Å². The van der Waals surface area contributed by atoms with Gasteiger partial charge in [-0.05, 0) is 17.7 Å². The molecule has 1 aromatic carbocycles. The fourth-order valence-corrected chi connectivity index (χ4v) is 2.30. The summed E-state index contributed by atoms with van der Waals surface area (Å²) in [7, 11) is 0. The van der Waals surface area contributed by atoms with Crippen molar-refractivity contribution in [2.45, 2.75) is 13.0 Å². The van der Waals surface area contributed by atoms with Crippen LogP contribution < -0.4 is 10.6 Å². The Kier molecular flexibility index (Phi) is 5.19. The van der Waals surface area contributed by atoms with E-state index in [1.54, 1.807) is 16.9 Å². The van der Waals surface area contributed by atoms with Gasteiger partial charge in [0.25, 0.3) is 0 Å². The minimum atomic E-state index is -0.268. The van der Waals surface area contributed by atoms with E-state index < -0.39 is 0 Å². The van der Waals surface area contributed by atoms with Gasteiger partial charge in [-0.25, -0.2) is 4.79 Å². The Morgan fingerprint density at radius 2 is 1.88 bits per heavy atom. The smallest absolute Gasteiger partial charge is 0.320 e. The number of hydrogen-bond donors (Lipinski definition) is 2. The van der Waals surface area contributed by atoms with Crippen LogP contribution in [0, 0.1) is 0 Å². The van der Waals surface area contributed by atoms with Crippen LogP contribution >= 0.6 is 0 Å². The van der Waals surface area contributed by atoms with Gasteiger partial charge in [0.15, 0.2) is 5.82 Å². The van der Waals surface area contributed by atoms with Crippen LogP contribution in [0.5, 0.6) is 0 Å². The first-order valence-corrected chi connectivity index (χ1v) is 7.82. The first-order chi connectivity index (χ1) is 11.8. The minimum absolute atomic E-state index is 0.268. The van der Waals surface area contributed by atoms with E-state index in [0.717, 1.165) is 11.3 Å². The molecule has 0 saturated heterocycles. The molecule has 0 aliphatic carbocycles. The topological polar surface area (TPSA) is 71.8 Å². The molecule has 24 heavy (non-hydrogen) atoms. The van der Waals surface area contributed by atoms with Gasteiger partial charge in [-0.1, -0.05) is 36.4 Å². The van der Waals surface area contributed by atoms with Crippen LogP contribution in [0.1, 0.15) is 11.3 Å². The summed E-state index contributed by atoms with van der Waals surface area (Å²) in [6.45, 7) is 1.19. The number of rotatable bonds is 6. The van der Waals surface area contributed by atoms with Crippen molar-refractivity contribution in [3.63, 3.8) is 0 Å². The Hall–Kier alpha value is -3.15. The highest BCUT2D eigenvalue weighted by atomic mass is 16.2. The number of pyridine rings is 1. The minimum Gasteiger partial charge on any atom is -0.337 e. The van der Waals surface area contributed by atoms with Gasteiger partial charge in [0.1, 0.15) is 0 Å². The second-order valence-corrected chi connectivity index (χ2v) is 5.34. The summed E-state index contributed by atoms with van der Waals surface area (Å²) in [6.07, 6.45) is 4.28. The second-order valence-electron chi connectivity index (χ2n) is 5.34. The average molecular weight is 321 g/mol. The molecule has 6 nitrogen and oxygen atoms in total. The predicted molar refractivity (Wildman–Crippen MR) is 92.7 cm³/mol. The lowest BCUT2D eigenvalue weighted by molar-refractivity contribution is 0.252. The van der Waals surface area contributed by atoms with Crippen molar-refractivity contribution in [3.05, 3.63) is 78.2 Å². The molecule has 0 saturated carbocycles. The maximum Gasteiger partial charge on any atom is 0.320 e. The largest absolute Gasteiger partial charge is 0.337 e. The zero-order chi connectivity index (χ0) is 16.6. The van der Waals surface area contributed by atoms with Gasteiger partial charge < -0.3 is 5.32 Å². The van der Waals surface area contributed by atoms with E-state index in [-0.39, 0.29) is 6.03 Å². The zero-order valence-electron chi connectivity index (χ0n) is 13.2. The Morgan fingerprint density at radius 3 is 2.67 bits per heavy atom. The van der Waals surface area contributed by atoms with Gasteiger partial charge in [-0.3, -0.25) is 15.0 Å². The number of nitrogens with zero attached hydrogens (tertiary/aromatic N) is 3. The average Bonchev–Trinajstić information content (AvgIpc) is 3.03. The number of anilines is 1. The van der Waals surface area contributed by atoms with Crippen molar-refractivity contribution in [2.75, 3.05) is 11.9 Å². The highest BCUT2D eigenvalue weighted by Crippen LogP contribution is 2.06. The third-order valence-electron chi connectivity index (χ3n) is 3.46. The third-order valence-corrected chi connectivity index (χ3v) is 3.46. The molecular formula is C18H19N5O. The molecule has 2 aromatic heterocycles. The number of carbonyl (C=O) groups is 1. The van der Waals surface area contributed by atoms with E-state index >= 15 is 0 Å². The third kappa shape index (κ3) is 4.67. The molecule has 2 amide bonds. The highest BCUT2D eigenvalue weighted by Gasteiger charge is 2.05. The molecule has 0 spiro atoms. The Labute approximate surface area is 140 Å². The normalized spacial score (nSPS) is 10.3. The molecular weight excluding hydrogens is 302 g/mol. The van der Waals surface area contributed by atoms with Crippen LogP contribution in [-0.4, -0.2) is 27.3 Å². The lowest BCUT2D eigenvalue weighted by atomic mass is 10.2. The van der Waals surface area contributed by atoms with Crippen LogP contribution in [0.15, 0.2) is 67.0 Å². The monoisotopic (exact) mass is 321 g/mol.